The molecule has 37 heavy (non-hydrogen) atoms. The third-order valence-electron chi connectivity index (χ3n) is 7.66. The molecule has 1 amide bonds. The Balaban J connectivity index is 1.33. The Morgan fingerprint density at radius 1 is 1.11 bits per heavy atom. The number of aromatic nitrogens is 1. The minimum Gasteiger partial charge on any atom is -0.474 e. The summed E-state index contributed by atoms with van der Waals surface area (Å²) in [5.74, 6) is 0.295. The van der Waals surface area contributed by atoms with Crippen LogP contribution in [0.3, 0.4) is 0 Å². The number of piperazine rings is 1. The summed E-state index contributed by atoms with van der Waals surface area (Å²) in [5.41, 5.74) is 2.65. The summed E-state index contributed by atoms with van der Waals surface area (Å²) in [5, 5.41) is 3.60. The molecule has 5 rings (SSSR count). The van der Waals surface area contributed by atoms with E-state index in [1.54, 1.807) is 18.3 Å². The minimum atomic E-state index is -0.255. The van der Waals surface area contributed by atoms with Gasteiger partial charge in [-0.3, -0.25) is 14.6 Å². The van der Waals surface area contributed by atoms with Crippen LogP contribution in [0.1, 0.15) is 31.9 Å². The molecule has 3 aliphatic rings. The van der Waals surface area contributed by atoms with Gasteiger partial charge in [0.15, 0.2) is 0 Å². The van der Waals surface area contributed by atoms with E-state index in [-0.39, 0.29) is 23.8 Å². The van der Waals surface area contributed by atoms with Gasteiger partial charge in [-0.2, -0.15) is 0 Å². The zero-order valence-corrected chi connectivity index (χ0v) is 22.0. The molecule has 8 nitrogen and oxygen atoms in total. The summed E-state index contributed by atoms with van der Waals surface area (Å²) in [6.07, 6.45) is 2.38. The van der Waals surface area contributed by atoms with E-state index in [9.17, 15) is 9.18 Å². The number of rotatable bonds is 6. The molecule has 0 spiro atoms. The predicted molar refractivity (Wildman–Crippen MR) is 141 cm³/mol. The molecule has 2 fully saturated rings. The lowest BCUT2D eigenvalue weighted by Gasteiger charge is -2.44. The molecule has 9 heteroatoms. The van der Waals surface area contributed by atoms with Gasteiger partial charge in [0, 0.05) is 50.5 Å². The zero-order chi connectivity index (χ0) is 25.9. The molecule has 0 aliphatic carbocycles. The molecule has 200 valence electrons. The summed E-state index contributed by atoms with van der Waals surface area (Å²) in [7, 11) is 0. The number of amides is 1. The van der Waals surface area contributed by atoms with Crippen LogP contribution < -0.4 is 15.0 Å². The van der Waals surface area contributed by atoms with Gasteiger partial charge < -0.3 is 19.7 Å². The number of hydrogen-bond donors (Lipinski definition) is 1. The minimum absolute atomic E-state index is 0.0620. The highest BCUT2D eigenvalue weighted by Crippen LogP contribution is 2.33. The number of pyridine rings is 1. The number of benzene rings is 1. The molecule has 1 aromatic heterocycles. The summed E-state index contributed by atoms with van der Waals surface area (Å²) >= 11 is 0. The maximum absolute atomic E-state index is 13.9. The van der Waals surface area contributed by atoms with Crippen molar-refractivity contribution in [1.82, 2.24) is 20.1 Å². The van der Waals surface area contributed by atoms with E-state index in [1.807, 2.05) is 17.9 Å². The molecule has 1 aromatic carbocycles. The number of morpholine rings is 1. The quantitative estimate of drug-likeness (QED) is 0.638. The SMILES string of the molecule is C[C@@H]1CN(CC(=O)N2c3cc(Cc4ccc(F)cc4)cnc3OC[C@@H]2C)[C@@H](CN2CCOC[C@H]2C)CN1. The number of fused-ring (bicyclic) bond motifs is 1. The van der Waals surface area contributed by atoms with Crippen LogP contribution >= 0.6 is 0 Å². The molecule has 4 atom stereocenters. The molecule has 0 saturated carbocycles. The predicted octanol–water partition coefficient (Wildman–Crippen LogP) is 2.31. The van der Waals surface area contributed by atoms with Crippen LogP contribution in [-0.4, -0.2) is 97.4 Å². The van der Waals surface area contributed by atoms with E-state index < -0.39 is 0 Å². The van der Waals surface area contributed by atoms with Crippen LogP contribution in [0.5, 0.6) is 5.88 Å². The van der Waals surface area contributed by atoms with E-state index in [0.29, 0.717) is 43.2 Å². The Hall–Kier alpha value is -2.59. The van der Waals surface area contributed by atoms with Gasteiger partial charge in [0.1, 0.15) is 18.1 Å². The Labute approximate surface area is 218 Å². The summed E-state index contributed by atoms with van der Waals surface area (Å²) in [6.45, 7) is 12.2. The lowest BCUT2D eigenvalue weighted by atomic mass is 10.0. The fourth-order valence-electron chi connectivity index (χ4n) is 5.55. The molecule has 4 heterocycles. The van der Waals surface area contributed by atoms with Crippen LogP contribution in [0.2, 0.25) is 0 Å². The van der Waals surface area contributed by atoms with E-state index in [4.69, 9.17) is 9.47 Å². The first kappa shape index (κ1) is 26.0. The average molecular weight is 512 g/mol. The van der Waals surface area contributed by atoms with Gasteiger partial charge >= 0.3 is 0 Å². The first-order valence-electron chi connectivity index (χ1n) is 13.3. The highest BCUT2D eigenvalue weighted by atomic mass is 19.1. The first-order chi connectivity index (χ1) is 17.9. The van der Waals surface area contributed by atoms with E-state index >= 15 is 0 Å². The Morgan fingerprint density at radius 3 is 2.70 bits per heavy atom. The summed E-state index contributed by atoms with van der Waals surface area (Å²) in [6, 6.07) is 9.32. The van der Waals surface area contributed by atoms with Gasteiger partial charge in [-0.05, 0) is 56.5 Å². The number of hydrogen-bond acceptors (Lipinski definition) is 7. The first-order valence-corrected chi connectivity index (χ1v) is 13.3. The monoisotopic (exact) mass is 511 g/mol. The van der Waals surface area contributed by atoms with Crippen LogP contribution in [-0.2, 0) is 16.0 Å². The Kier molecular flexibility index (Phi) is 8.04. The summed E-state index contributed by atoms with van der Waals surface area (Å²) in [4.78, 5) is 25.1. The van der Waals surface area contributed by atoms with Crippen LogP contribution in [0.15, 0.2) is 36.5 Å². The molecular formula is C28H38FN5O3. The number of ether oxygens (including phenoxy) is 2. The van der Waals surface area contributed by atoms with Gasteiger partial charge in [-0.1, -0.05) is 12.1 Å². The average Bonchev–Trinajstić information content (AvgIpc) is 2.88. The molecule has 2 saturated heterocycles. The third kappa shape index (κ3) is 6.12. The van der Waals surface area contributed by atoms with Crippen molar-refractivity contribution in [3.8, 4) is 5.88 Å². The molecule has 1 N–H and O–H groups in total. The Morgan fingerprint density at radius 2 is 1.92 bits per heavy atom. The maximum atomic E-state index is 13.9. The second-order valence-electron chi connectivity index (χ2n) is 10.7. The van der Waals surface area contributed by atoms with Crippen molar-refractivity contribution in [3.05, 3.63) is 53.5 Å². The van der Waals surface area contributed by atoms with Gasteiger partial charge in [-0.25, -0.2) is 9.37 Å². The van der Waals surface area contributed by atoms with E-state index in [0.717, 1.165) is 50.5 Å². The molecule has 0 unspecified atom stereocenters. The van der Waals surface area contributed by atoms with Crippen molar-refractivity contribution in [2.24, 2.45) is 0 Å². The molecule has 0 bridgehead atoms. The van der Waals surface area contributed by atoms with Gasteiger partial charge in [-0.15, -0.1) is 0 Å². The number of carbonyl (C=O) groups excluding carboxylic acids is 1. The van der Waals surface area contributed by atoms with Gasteiger partial charge in [0.2, 0.25) is 11.8 Å². The fourth-order valence-corrected chi connectivity index (χ4v) is 5.55. The number of carbonyl (C=O) groups is 1. The molecule has 2 aromatic rings. The van der Waals surface area contributed by atoms with E-state index in [1.165, 1.54) is 12.1 Å². The van der Waals surface area contributed by atoms with Gasteiger partial charge in [0.05, 0.1) is 25.8 Å². The number of nitrogens with zero attached hydrogens (tertiary/aromatic N) is 4. The molecule has 3 aliphatic heterocycles. The third-order valence-corrected chi connectivity index (χ3v) is 7.66. The van der Waals surface area contributed by atoms with Gasteiger partial charge in [0.25, 0.3) is 0 Å². The van der Waals surface area contributed by atoms with Crippen molar-refractivity contribution in [1.29, 1.82) is 0 Å². The fraction of sp³-hybridized carbons (Fsp3) is 0.571. The molecular weight excluding hydrogens is 473 g/mol. The van der Waals surface area contributed by atoms with Crippen LogP contribution in [0.4, 0.5) is 10.1 Å². The second-order valence-corrected chi connectivity index (χ2v) is 10.7. The number of halogens is 1. The topological polar surface area (TPSA) is 70.2 Å². The van der Waals surface area contributed by atoms with Crippen LogP contribution in [0.25, 0.3) is 0 Å². The lowest BCUT2D eigenvalue weighted by Crippen LogP contribution is -2.62. The zero-order valence-electron chi connectivity index (χ0n) is 22.0. The summed E-state index contributed by atoms with van der Waals surface area (Å²) < 4.78 is 24.8. The molecule has 0 radical (unpaired) electrons. The second kappa shape index (κ2) is 11.4. The van der Waals surface area contributed by atoms with Crippen molar-refractivity contribution in [2.75, 3.05) is 57.4 Å². The van der Waals surface area contributed by atoms with Crippen molar-refractivity contribution < 1.29 is 18.7 Å². The highest BCUT2D eigenvalue weighted by molar-refractivity contribution is 5.97. The van der Waals surface area contributed by atoms with Crippen molar-refractivity contribution >= 4 is 11.6 Å². The number of anilines is 1. The standard InChI is InChI=1S/C28H38FN5O3/c1-19-14-33(25(13-30-19)15-32-8-9-36-17-20(32)2)16-27(35)34-21(3)18-37-28-26(34)11-23(12-31-28)10-22-4-6-24(29)7-5-22/h4-7,11-12,19-21,25,30H,8-10,13-18H2,1-3H3/t19-,20-,21+,25-/m1/s1. The van der Waals surface area contributed by atoms with Crippen molar-refractivity contribution in [2.45, 2.75) is 51.4 Å². The largest absolute Gasteiger partial charge is 0.474 e. The maximum Gasteiger partial charge on any atom is 0.241 e. The smallest absolute Gasteiger partial charge is 0.241 e. The van der Waals surface area contributed by atoms with Crippen molar-refractivity contribution in [3.63, 3.8) is 0 Å². The lowest BCUT2D eigenvalue weighted by molar-refractivity contribution is -0.121. The number of nitrogens with one attached hydrogen (secondary N) is 1. The highest BCUT2D eigenvalue weighted by Gasteiger charge is 2.35. The van der Waals surface area contributed by atoms with E-state index in [2.05, 4.69) is 33.9 Å². The Bertz CT molecular complexity index is 1080. The van der Waals surface area contributed by atoms with Crippen LogP contribution in [0, 0.1) is 5.82 Å². The normalized spacial score (nSPS) is 27.0.